The second kappa shape index (κ2) is 6.59. The number of carbonyl (C=O) groups excluding carboxylic acids is 1. The summed E-state index contributed by atoms with van der Waals surface area (Å²) in [6.07, 6.45) is 3.41. The van der Waals surface area contributed by atoms with Crippen LogP contribution in [0, 0.1) is 5.92 Å². The molecule has 0 aromatic carbocycles. The van der Waals surface area contributed by atoms with Gasteiger partial charge in [-0.2, -0.15) is 0 Å². The number of carbonyl (C=O) groups is 1. The molecule has 0 fully saturated rings. The minimum Gasteiger partial charge on any atom is -0.364 e. The fraction of sp³-hybridized carbons (Fsp3) is 0.583. The molecule has 1 rings (SSSR count). The van der Waals surface area contributed by atoms with E-state index in [1.54, 1.807) is 11.8 Å². The smallest absolute Gasteiger partial charge is 0.268 e. The van der Waals surface area contributed by atoms with E-state index in [-0.39, 0.29) is 5.69 Å². The van der Waals surface area contributed by atoms with Crippen LogP contribution in [0.15, 0.2) is 11.2 Å². The molecule has 0 saturated carbocycles. The normalized spacial score (nSPS) is 10.8. The van der Waals surface area contributed by atoms with E-state index >= 15 is 0 Å². The second-order valence-electron chi connectivity index (χ2n) is 4.32. The minimum atomic E-state index is -0.521. The minimum absolute atomic E-state index is 0.246. The van der Waals surface area contributed by atoms with Crippen molar-refractivity contribution < 1.29 is 4.79 Å². The van der Waals surface area contributed by atoms with Crippen molar-refractivity contribution in [2.75, 3.05) is 5.75 Å². The van der Waals surface area contributed by atoms with E-state index in [0.29, 0.717) is 5.92 Å². The lowest BCUT2D eigenvalue weighted by Crippen LogP contribution is -2.15. The number of primary amides is 1. The van der Waals surface area contributed by atoms with Crippen LogP contribution in [0.3, 0.4) is 0 Å². The summed E-state index contributed by atoms with van der Waals surface area (Å²) in [6, 6.07) is 0. The largest absolute Gasteiger partial charge is 0.364 e. The van der Waals surface area contributed by atoms with E-state index in [0.717, 1.165) is 29.3 Å². The first-order valence-corrected chi connectivity index (χ1v) is 6.81. The molecule has 1 heterocycles. The third-order valence-electron chi connectivity index (χ3n) is 2.11. The van der Waals surface area contributed by atoms with Gasteiger partial charge < -0.3 is 5.73 Å². The molecule has 0 aliphatic carbocycles. The summed E-state index contributed by atoms with van der Waals surface area (Å²) >= 11 is 1.64. The number of amides is 1. The average Bonchev–Trinajstić information content (AvgIpc) is 2.26. The molecule has 0 atom stereocenters. The van der Waals surface area contributed by atoms with Crippen molar-refractivity contribution in [1.82, 2.24) is 9.97 Å². The first kappa shape index (κ1) is 14.0. The van der Waals surface area contributed by atoms with Crippen LogP contribution in [-0.2, 0) is 6.42 Å². The highest BCUT2D eigenvalue weighted by Gasteiger charge is 2.12. The third-order valence-corrected chi connectivity index (χ3v) is 3.32. The Balaban J connectivity index is 2.98. The molecular weight excluding hydrogens is 234 g/mol. The van der Waals surface area contributed by atoms with Gasteiger partial charge in [-0.1, -0.05) is 20.8 Å². The van der Waals surface area contributed by atoms with E-state index in [1.807, 2.05) is 0 Å². The molecule has 17 heavy (non-hydrogen) atoms. The number of thioether (sulfide) groups is 1. The molecule has 1 aromatic rings. The number of aromatic nitrogens is 2. The predicted octanol–water partition coefficient (Wildman–Crippen LogP) is 2.28. The van der Waals surface area contributed by atoms with Crippen LogP contribution in [-0.4, -0.2) is 21.6 Å². The van der Waals surface area contributed by atoms with E-state index in [1.165, 1.54) is 6.20 Å². The van der Waals surface area contributed by atoms with Gasteiger partial charge in [-0.3, -0.25) is 9.78 Å². The molecule has 5 heteroatoms. The Morgan fingerprint density at radius 1 is 1.53 bits per heavy atom. The van der Waals surface area contributed by atoms with Crippen molar-refractivity contribution in [3.05, 3.63) is 17.6 Å². The van der Waals surface area contributed by atoms with Crippen LogP contribution in [0.25, 0.3) is 0 Å². The number of hydrogen-bond donors (Lipinski definition) is 1. The number of nitrogens with zero attached hydrogens (tertiary/aromatic N) is 2. The van der Waals surface area contributed by atoms with Gasteiger partial charge in [0.1, 0.15) is 10.7 Å². The maximum absolute atomic E-state index is 11.1. The van der Waals surface area contributed by atoms with Gasteiger partial charge in [-0.25, -0.2) is 4.98 Å². The quantitative estimate of drug-likeness (QED) is 0.790. The fourth-order valence-electron chi connectivity index (χ4n) is 1.36. The Morgan fingerprint density at radius 2 is 2.24 bits per heavy atom. The van der Waals surface area contributed by atoms with E-state index in [2.05, 4.69) is 30.7 Å². The second-order valence-corrected chi connectivity index (χ2v) is 5.40. The van der Waals surface area contributed by atoms with Gasteiger partial charge in [0.2, 0.25) is 0 Å². The van der Waals surface area contributed by atoms with Crippen molar-refractivity contribution in [2.45, 2.75) is 38.6 Å². The topological polar surface area (TPSA) is 68.9 Å². The highest BCUT2D eigenvalue weighted by atomic mass is 32.2. The number of nitrogens with two attached hydrogens (primary N) is 1. The first-order valence-electron chi connectivity index (χ1n) is 5.83. The standard InChI is InChI=1S/C12H19N3OS/c1-4-5-17-12-9(6-8(2)3)14-7-10(15-12)11(13)16/h7-8H,4-6H2,1-3H3,(H2,13,16). The zero-order valence-corrected chi connectivity index (χ0v) is 11.4. The molecular formula is C12H19N3OS. The zero-order chi connectivity index (χ0) is 12.8. The molecule has 0 spiro atoms. The van der Waals surface area contributed by atoms with E-state index in [4.69, 9.17) is 5.73 Å². The summed E-state index contributed by atoms with van der Waals surface area (Å²) in [7, 11) is 0. The molecule has 0 aliphatic rings. The Morgan fingerprint density at radius 3 is 2.76 bits per heavy atom. The van der Waals surface area contributed by atoms with Crippen molar-refractivity contribution >= 4 is 17.7 Å². The molecule has 94 valence electrons. The van der Waals surface area contributed by atoms with Gasteiger partial charge in [0.05, 0.1) is 11.9 Å². The monoisotopic (exact) mass is 253 g/mol. The molecule has 0 unspecified atom stereocenters. The maximum Gasteiger partial charge on any atom is 0.268 e. The molecule has 4 nitrogen and oxygen atoms in total. The number of hydrogen-bond acceptors (Lipinski definition) is 4. The third kappa shape index (κ3) is 4.34. The zero-order valence-electron chi connectivity index (χ0n) is 10.6. The SMILES string of the molecule is CCCSc1nc(C(N)=O)cnc1CC(C)C. The summed E-state index contributed by atoms with van der Waals surface area (Å²) in [4.78, 5) is 19.7. The van der Waals surface area contributed by atoms with Crippen LogP contribution in [0.2, 0.25) is 0 Å². The Labute approximate surface area is 106 Å². The summed E-state index contributed by atoms with van der Waals surface area (Å²) in [5.41, 5.74) is 6.42. The van der Waals surface area contributed by atoms with Crippen LogP contribution in [0.5, 0.6) is 0 Å². The summed E-state index contributed by atoms with van der Waals surface area (Å²) < 4.78 is 0. The predicted molar refractivity (Wildman–Crippen MR) is 70.1 cm³/mol. The van der Waals surface area contributed by atoms with Crippen molar-refractivity contribution in [1.29, 1.82) is 0 Å². The average molecular weight is 253 g/mol. The molecule has 0 saturated heterocycles. The lowest BCUT2D eigenvalue weighted by molar-refractivity contribution is 0.0994. The maximum atomic E-state index is 11.1. The summed E-state index contributed by atoms with van der Waals surface area (Å²) in [5.74, 6) is 0.971. The van der Waals surface area contributed by atoms with Gasteiger partial charge in [0.15, 0.2) is 0 Å². The molecule has 0 radical (unpaired) electrons. The van der Waals surface area contributed by atoms with Crippen molar-refractivity contribution in [3.8, 4) is 0 Å². The van der Waals surface area contributed by atoms with Crippen LogP contribution >= 0.6 is 11.8 Å². The molecule has 0 bridgehead atoms. The van der Waals surface area contributed by atoms with E-state index in [9.17, 15) is 4.79 Å². The van der Waals surface area contributed by atoms with Crippen LogP contribution in [0.4, 0.5) is 0 Å². The van der Waals surface area contributed by atoms with E-state index < -0.39 is 5.91 Å². The van der Waals surface area contributed by atoms with Gasteiger partial charge >= 0.3 is 0 Å². The fourth-order valence-corrected chi connectivity index (χ4v) is 2.22. The molecule has 1 amide bonds. The molecule has 0 aliphatic heterocycles. The molecule has 1 aromatic heterocycles. The van der Waals surface area contributed by atoms with Crippen LogP contribution in [0.1, 0.15) is 43.4 Å². The summed E-state index contributed by atoms with van der Waals surface area (Å²) in [6.45, 7) is 6.39. The van der Waals surface area contributed by atoms with Crippen molar-refractivity contribution in [3.63, 3.8) is 0 Å². The van der Waals surface area contributed by atoms with Gasteiger partial charge in [-0.05, 0) is 24.5 Å². The van der Waals surface area contributed by atoms with Crippen LogP contribution < -0.4 is 5.73 Å². The Kier molecular flexibility index (Phi) is 5.41. The lowest BCUT2D eigenvalue weighted by Gasteiger charge is -2.09. The van der Waals surface area contributed by atoms with Gasteiger partial charge in [0.25, 0.3) is 5.91 Å². The first-order chi connectivity index (χ1) is 8.04. The Hall–Kier alpha value is -1.10. The van der Waals surface area contributed by atoms with Gasteiger partial charge in [0, 0.05) is 0 Å². The highest BCUT2D eigenvalue weighted by molar-refractivity contribution is 7.99. The lowest BCUT2D eigenvalue weighted by atomic mass is 10.1. The van der Waals surface area contributed by atoms with Gasteiger partial charge in [-0.15, -0.1) is 11.8 Å². The van der Waals surface area contributed by atoms with Crippen molar-refractivity contribution in [2.24, 2.45) is 11.7 Å². The molecule has 2 N–H and O–H groups in total. The summed E-state index contributed by atoms with van der Waals surface area (Å²) in [5, 5.41) is 0.844. The Bertz CT molecular complexity index is 393. The number of rotatable bonds is 6. The highest BCUT2D eigenvalue weighted by Crippen LogP contribution is 2.22.